The molecule has 1 aliphatic heterocycles. The van der Waals surface area contributed by atoms with Crippen molar-refractivity contribution in [2.24, 2.45) is 5.92 Å². The van der Waals surface area contributed by atoms with Gasteiger partial charge in [-0.1, -0.05) is 13.8 Å². The van der Waals surface area contributed by atoms with Gasteiger partial charge in [0.25, 0.3) is 0 Å². The number of nitrogen functional groups attached to an aromatic ring is 1. The Hall–Kier alpha value is -1.14. The summed E-state index contributed by atoms with van der Waals surface area (Å²) in [6.07, 6.45) is 0.373. The first-order valence-electron chi connectivity index (χ1n) is 6.74. The van der Waals surface area contributed by atoms with Crippen LogP contribution in [-0.4, -0.2) is 53.4 Å². The second-order valence-corrected chi connectivity index (χ2v) is 6.32. The van der Waals surface area contributed by atoms with Gasteiger partial charge in [-0.3, -0.25) is 9.69 Å². The normalized spacial score (nSPS) is 17.1. The quantitative estimate of drug-likeness (QED) is 0.897. The van der Waals surface area contributed by atoms with Crippen molar-refractivity contribution in [2.75, 3.05) is 38.5 Å². The van der Waals surface area contributed by atoms with Gasteiger partial charge in [0, 0.05) is 38.1 Å². The van der Waals surface area contributed by atoms with E-state index < -0.39 is 0 Å². The number of aromatic nitrogens is 1. The molecule has 6 heteroatoms. The predicted octanol–water partition coefficient (Wildman–Crippen LogP) is 1.07. The van der Waals surface area contributed by atoms with Crippen LogP contribution in [0.1, 0.15) is 19.5 Å². The molecular formula is C13H22N4OS. The third kappa shape index (κ3) is 4.18. The number of hydrogen-bond acceptors (Lipinski definition) is 5. The number of hydrogen-bond donors (Lipinski definition) is 1. The summed E-state index contributed by atoms with van der Waals surface area (Å²) in [5, 5.41) is 2.40. The van der Waals surface area contributed by atoms with E-state index in [1.807, 2.05) is 10.3 Å². The van der Waals surface area contributed by atoms with Crippen molar-refractivity contribution < 1.29 is 4.79 Å². The van der Waals surface area contributed by atoms with Gasteiger partial charge in [0.05, 0.1) is 12.1 Å². The smallest absolute Gasteiger partial charge is 0.228 e. The lowest BCUT2D eigenvalue weighted by molar-refractivity contribution is -0.132. The molecule has 1 amide bonds. The molecule has 2 N–H and O–H groups in total. The van der Waals surface area contributed by atoms with Gasteiger partial charge >= 0.3 is 0 Å². The van der Waals surface area contributed by atoms with Gasteiger partial charge in [0.2, 0.25) is 5.91 Å². The lowest BCUT2D eigenvalue weighted by Crippen LogP contribution is -2.49. The Morgan fingerprint density at radius 2 is 2.11 bits per heavy atom. The number of carbonyl (C=O) groups is 1. The monoisotopic (exact) mass is 282 g/mol. The summed E-state index contributed by atoms with van der Waals surface area (Å²) < 4.78 is 0. The zero-order valence-electron chi connectivity index (χ0n) is 11.6. The first-order chi connectivity index (χ1) is 9.04. The second-order valence-electron chi connectivity index (χ2n) is 5.43. The Bertz CT molecular complexity index is 424. The number of piperazine rings is 1. The molecule has 0 aliphatic carbocycles. The summed E-state index contributed by atoms with van der Waals surface area (Å²) in [7, 11) is 0. The molecule has 1 aromatic rings. The van der Waals surface area contributed by atoms with Gasteiger partial charge in [-0.05, 0) is 5.92 Å². The highest BCUT2D eigenvalue weighted by Gasteiger charge is 2.21. The second kappa shape index (κ2) is 6.34. The topological polar surface area (TPSA) is 62.5 Å². The van der Waals surface area contributed by atoms with E-state index in [1.165, 1.54) is 11.3 Å². The summed E-state index contributed by atoms with van der Waals surface area (Å²) in [4.78, 5) is 20.6. The minimum absolute atomic E-state index is 0.162. The van der Waals surface area contributed by atoms with Gasteiger partial charge < -0.3 is 10.6 Å². The SMILES string of the molecule is CC(C)CN1CCN(C(=O)Cc2csc(N)n2)CC1. The summed E-state index contributed by atoms with van der Waals surface area (Å²) in [5.74, 6) is 0.842. The predicted molar refractivity (Wildman–Crippen MR) is 78.1 cm³/mol. The third-order valence-corrected chi connectivity index (χ3v) is 3.97. The van der Waals surface area contributed by atoms with Crippen molar-refractivity contribution in [3.63, 3.8) is 0 Å². The van der Waals surface area contributed by atoms with Crippen LogP contribution >= 0.6 is 11.3 Å². The fourth-order valence-corrected chi connectivity index (χ4v) is 2.93. The first kappa shape index (κ1) is 14.3. The van der Waals surface area contributed by atoms with Gasteiger partial charge in [0.1, 0.15) is 0 Å². The van der Waals surface area contributed by atoms with E-state index in [9.17, 15) is 4.79 Å². The van der Waals surface area contributed by atoms with Gasteiger partial charge in [-0.2, -0.15) is 0 Å². The largest absolute Gasteiger partial charge is 0.375 e. The zero-order chi connectivity index (χ0) is 13.8. The molecule has 1 aromatic heterocycles. The van der Waals surface area contributed by atoms with E-state index in [1.54, 1.807) is 0 Å². The van der Waals surface area contributed by atoms with Crippen LogP contribution in [0.3, 0.4) is 0 Å². The van der Waals surface area contributed by atoms with E-state index >= 15 is 0 Å². The van der Waals surface area contributed by atoms with Gasteiger partial charge in [-0.25, -0.2) is 4.98 Å². The number of amides is 1. The molecule has 1 fully saturated rings. The van der Waals surface area contributed by atoms with Gasteiger partial charge in [0.15, 0.2) is 5.13 Å². The average Bonchev–Trinajstić information content (AvgIpc) is 2.75. The Kier molecular flexibility index (Phi) is 4.76. The molecule has 0 unspecified atom stereocenters. The Balaban J connectivity index is 1.79. The van der Waals surface area contributed by atoms with Crippen molar-refractivity contribution in [3.05, 3.63) is 11.1 Å². The molecule has 0 atom stereocenters. The number of thiazole rings is 1. The zero-order valence-corrected chi connectivity index (χ0v) is 12.4. The summed E-state index contributed by atoms with van der Waals surface area (Å²) in [5.41, 5.74) is 6.36. The molecule has 5 nitrogen and oxygen atoms in total. The fraction of sp³-hybridized carbons (Fsp3) is 0.692. The maximum atomic E-state index is 12.1. The average molecular weight is 282 g/mol. The standard InChI is InChI=1S/C13H22N4OS/c1-10(2)8-16-3-5-17(6-4-16)12(18)7-11-9-19-13(14)15-11/h9-10H,3-8H2,1-2H3,(H2,14,15). The van der Waals surface area contributed by atoms with Crippen molar-refractivity contribution in [3.8, 4) is 0 Å². The van der Waals surface area contributed by atoms with E-state index in [-0.39, 0.29) is 5.91 Å². The Morgan fingerprint density at radius 3 is 2.63 bits per heavy atom. The molecular weight excluding hydrogens is 260 g/mol. The van der Waals surface area contributed by atoms with Crippen LogP contribution in [0.5, 0.6) is 0 Å². The first-order valence-corrected chi connectivity index (χ1v) is 7.62. The van der Waals surface area contributed by atoms with E-state index in [0.29, 0.717) is 17.5 Å². The van der Waals surface area contributed by atoms with Crippen LogP contribution in [0.2, 0.25) is 0 Å². The highest BCUT2D eigenvalue weighted by atomic mass is 32.1. The molecule has 19 heavy (non-hydrogen) atoms. The number of anilines is 1. The Labute approximate surface area is 118 Å². The molecule has 2 heterocycles. The summed E-state index contributed by atoms with van der Waals surface area (Å²) in [6.45, 7) is 9.17. The maximum absolute atomic E-state index is 12.1. The molecule has 1 aliphatic rings. The molecule has 0 spiro atoms. The third-order valence-electron chi connectivity index (χ3n) is 3.25. The van der Waals surface area contributed by atoms with Crippen molar-refractivity contribution in [1.29, 1.82) is 0 Å². The van der Waals surface area contributed by atoms with E-state index in [4.69, 9.17) is 5.73 Å². The Morgan fingerprint density at radius 1 is 1.42 bits per heavy atom. The maximum Gasteiger partial charge on any atom is 0.228 e. The molecule has 0 radical (unpaired) electrons. The van der Waals surface area contributed by atoms with Crippen LogP contribution in [0.4, 0.5) is 5.13 Å². The number of nitrogens with zero attached hydrogens (tertiary/aromatic N) is 3. The number of rotatable bonds is 4. The van der Waals surface area contributed by atoms with Crippen molar-refractivity contribution in [2.45, 2.75) is 20.3 Å². The van der Waals surface area contributed by atoms with Crippen LogP contribution in [0, 0.1) is 5.92 Å². The molecule has 0 aromatic carbocycles. The van der Waals surface area contributed by atoms with E-state index in [0.717, 1.165) is 38.4 Å². The highest BCUT2D eigenvalue weighted by molar-refractivity contribution is 7.13. The highest BCUT2D eigenvalue weighted by Crippen LogP contribution is 2.13. The van der Waals surface area contributed by atoms with Gasteiger partial charge in [-0.15, -0.1) is 11.3 Å². The number of nitrogens with two attached hydrogens (primary N) is 1. The number of carbonyl (C=O) groups excluding carboxylic acids is 1. The van der Waals surface area contributed by atoms with Crippen molar-refractivity contribution >= 4 is 22.4 Å². The molecule has 0 bridgehead atoms. The van der Waals surface area contributed by atoms with Crippen LogP contribution in [-0.2, 0) is 11.2 Å². The lowest BCUT2D eigenvalue weighted by Gasteiger charge is -2.35. The summed E-state index contributed by atoms with van der Waals surface area (Å²) in [6, 6.07) is 0. The lowest BCUT2D eigenvalue weighted by atomic mass is 10.2. The minimum Gasteiger partial charge on any atom is -0.375 e. The molecule has 106 valence electrons. The molecule has 0 saturated carbocycles. The van der Waals surface area contributed by atoms with Crippen molar-refractivity contribution in [1.82, 2.24) is 14.8 Å². The molecule has 2 rings (SSSR count). The minimum atomic E-state index is 0.162. The van der Waals surface area contributed by atoms with E-state index in [2.05, 4.69) is 23.7 Å². The molecule has 1 saturated heterocycles. The van der Waals surface area contributed by atoms with Crippen LogP contribution in [0.25, 0.3) is 0 Å². The fourth-order valence-electron chi connectivity index (χ4n) is 2.37. The van der Waals surface area contributed by atoms with Crippen LogP contribution in [0.15, 0.2) is 5.38 Å². The summed E-state index contributed by atoms with van der Waals surface area (Å²) >= 11 is 1.39. The van der Waals surface area contributed by atoms with Crippen LogP contribution < -0.4 is 5.73 Å².